The molecule has 4 aliphatic heterocycles. The van der Waals surface area contributed by atoms with Gasteiger partial charge in [-0.2, -0.15) is 0 Å². The first-order valence-electron chi connectivity index (χ1n) is 12.0. The summed E-state index contributed by atoms with van der Waals surface area (Å²) in [4.78, 5) is 28.5. The first kappa shape index (κ1) is 22.7. The average Bonchev–Trinajstić information content (AvgIpc) is 3.65. The fourth-order valence-electron chi connectivity index (χ4n) is 5.76. The summed E-state index contributed by atoms with van der Waals surface area (Å²) in [6, 6.07) is 11.4. The van der Waals surface area contributed by atoms with E-state index in [4.69, 9.17) is 23.7 Å². The molecular weight excluding hydrogens is 464 g/mol. The van der Waals surface area contributed by atoms with Gasteiger partial charge in [-0.1, -0.05) is 24.3 Å². The summed E-state index contributed by atoms with van der Waals surface area (Å²) in [5.41, 5.74) is 1.21. The van der Waals surface area contributed by atoms with Crippen LogP contribution in [0.2, 0.25) is 0 Å². The van der Waals surface area contributed by atoms with Crippen LogP contribution in [-0.2, 0) is 27.3 Å². The monoisotopic (exact) mass is 492 g/mol. The summed E-state index contributed by atoms with van der Waals surface area (Å²) in [7, 11) is 3.19. The van der Waals surface area contributed by atoms with Crippen molar-refractivity contribution >= 4 is 11.8 Å². The van der Waals surface area contributed by atoms with E-state index in [-0.39, 0.29) is 24.7 Å². The summed E-state index contributed by atoms with van der Waals surface area (Å²) < 4.78 is 27.7. The van der Waals surface area contributed by atoms with Gasteiger partial charge >= 0.3 is 0 Å². The number of methoxy groups -OCH3 is 2. The van der Waals surface area contributed by atoms with Crippen molar-refractivity contribution in [2.45, 2.75) is 24.7 Å². The zero-order chi connectivity index (χ0) is 24.9. The third-order valence-corrected chi connectivity index (χ3v) is 7.45. The van der Waals surface area contributed by atoms with Crippen molar-refractivity contribution in [2.24, 2.45) is 11.8 Å². The Kier molecular flexibility index (Phi) is 5.52. The Morgan fingerprint density at radius 1 is 1.08 bits per heavy atom. The summed E-state index contributed by atoms with van der Waals surface area (Å²) in [6.45, 7) is 1.49. The third kappa shape index (κ3) is 3.65. The number of carbonyl (C=O) groups excluding carboxylic acids is 2. The molecule has 188 valence electrons. The van der Waals surface area contributed by atoms with Crippen molar-refractivity contribution in [1.82, 2.24) is 10.2 Å². The van der Waals surface area contributed by atoms with Crippen molar-refractivity contribution in [3.05, 3.63) is 59.7 Å². The number of ether oxygens (including phenoxy) is 5. The molecule has 4 atom stereocenters. The van der Waals surface area contributed by atoms with Gasteiger partial charge in [0.25, 0.3) is 0 Å². The zero-order valence-corrected chi connectivity index (χ0v) is 20.2. The highest BCUT2D eigenvalue weighted by Gasteiger charge is 2.66. The first-order chi connectivity index (χ1) is 17.5. The maximum Gasteiger partial charge on any atom is 0.231 e. The molecule has 0 aromatic heterocycles. The smallest absolute Gasteiger partial charge is 0.231 e. The molecule has 4 aliphatic rings. The van der Waals surface area contributed by atoms with Crippen LogP contribution in [0.1, 0.15) is 11.1 Å². The Balaban J connectivity index is 1.12. The van der Waals surface area contributed by atoms with E-state index in [1.54, 1.807) is 19.1 Å². The Bertz CT molecular complexity index is 1240. The predicted molar refractivity (Wildman–Crippen MR) is 128 cm³/mol. The molecule has 9 nitrogen and oxygen atoms in total. The number of benzene rings is 2. The number of amides is 2. The maximum absolute atomic E-state index is 13.5. The van der Waals surface area contributed by atoms with Crippen molar-refractivity contribution < 1.29 is 33.3 Å². The van der Waals surface area contributed by atoms with E-state index < -0.39 is 17.4 Å². The van der Waals surface area contributed by atoms with Crippen LogP contribution in [0.4, 0.5) is 0 Å². The van der Waals surface area contributed by atoms with Crippen LogP contribution in [0.5, 0.6) is 23.0 Å². The minimum atomic E-state index is -0.747. The largest absolute Gasteiger partial charge is 0.493 e. The molecule has 0 radical (unpaired) electrons. The number of carbonyl (C=O) groups is 2. The summed E-state index contributed by atoms with van der Waals surface area (Å²) >= 11 is 0. The number of hydrogen-bond acceptors (Lipinski definition) is 7. The molecule has 2 amide bonds. The van der Waals surface area contributed by atoms with Crippen LogP contribution in [0, 0.1) is 11.8 Å². The number of hydrogen-bond donors (Lipinski definition) is 1. The Morgan fingerprint density at radius 2 is 1.89 bits per heavy atom. The molecule has 0 aliphatic carbocycles. The highest BCUT2D eigenvalue weighted by Crippen LogP contribution is 2.52. The topological polar surface area (TPSA) is 95.6 Å². The average molecular weight is 493 g/mol. The van der Waals surface area contributed by atoms with Gasteiger partial charge in [-0.05, 0) is 41.8 Å². The molecule has 1 unspecified atom stereocenters. The minimum absolute atomic E-state index is 0.0560. The second kappa shape index (κ2) is 8.74. The molecule has 1 spiro atoms. The van der Waals surface area contributed by atoms with Crippen LogP contribution in [0.25, 0.3) is 0 Å². The lowest BCUT2D eigenvalue weighted by Gasteiger charge is -2.23. The second-order valence-electron chi connectivity index (χ2n) is 9.51. The lowest BCUT2D eigenvalue weighted by Crippen LogP contribution is -2.44. The normalized spacial score (nSPS) is 26.9. The van der Waals surface area contributed by atoms with E-state index in [9.17, 15) is 9.59 Å². The Morgan fingerprint density at radius 3 is 2.72 bits per heavy atom. The van der Waals surface area contributed by atoms with Crippen LogP contribution in [0.3, 0.4) is 0 Å². The van der Waals surface area contributed by atoms with E-state index in [1.807, 2.05) is 48.6 Å². The van der Waals surface area contributed by atoms with Gasteiger partial charge in [-0.3, -0.25) is 9.59 Å². The minimum Gasteiger partial charge on any atom is -0.493 e. The fourth-order valence-corrected chi connectivity index (χ4v) is 5.76. The molecular formula is C27H28N2O7. The molecule has 9 heteroatoms. The lowest BCUT2D eigenvalue weighted by molar-refractivity contribution is -0.137. The molecule has 0 saturated carbocycles. The highest BCUT2D eigenvalue weighted by atomic mass is 16.7. The van der Waals surface area contributed by atoms with Gasteiger partial charge in [-0.25, -0.2) is 0 Å². The van der Waals surface area contributed by atoms with E-state index in [0.29, 0.717) is 49.1 Å². The van der Waals surface area contributed by atoms with Crippen molar-refractivity contribution in [1.29, 1.82) is 0 Å². The van der Waals surface area contributed by atoms with Gasteiger partial charge in [-0.15, -0.1) is 0 Å². The van der Waals surface area contributed by atoms with Crippen LogP contribution in [0.15, 0.2) is 48.6 Å². The zero-order valence-electron chi connectivity index (χ0n) is 20.2. The van der Waals surface area contributed by atoms with Gasteiger partial charge < -0.3 is 33.9 Å². The van der Waals surface area contributed by atoms with Gasteiger partial charge in [0.2, 0.25) is 18.6 Å². The molecule has 2 aromatic rings. The van der Waals surface area contributed by atoms with E-state index in [1.165, 1.54) is 0 Å². The van der Waals surface area contributed by atoms with Gasteiger partial charge in [0.1, 0.15) is 5.60 Å². The number of nitrogens with zero attached hydrogens (tertiary/aromatic N) is 1. The highest BCUT2D eigenvalue weighted by molar-refractivity contribution is 5.93. The van der Waals surface area contributed by atoms with Crippen LogP contribution in [-0.4, -0.2) is 62.5 Å². The van der Waals surface area contributed by atoms with Gasteiger partial charge in [0, 0.05) is 13.1 Å². The Hall–Kier alpha value is -3.72. The van der Waals surface area contributed by atoms with Crippen molar-refractivity contribution in [2.75, 3.05) is 34.1 Å². The second-order valence-corrected chi connectivity index (χ2v) is 9.51. The van der Waals surface area contributed by atoms with Crippen LogP contribution < -0.4 is 24.3 Å². The van der Waals surface area contributed by atoms with Gasteiger partial charge in [0.15, 0.2) is 23.0 Å². The van der Waals surface area contributed by atoms with Crippen LogP contribution >= 0.6 is 0 Å². The molecule has 1 N–H and O–H groups in total. The molecule has 2 bridgehead atoms. The number of fused-ring (bicyclic) bond motifs is 2. The standard InChI is InChI=1S/C27H28N2O7/c1-32-18-5-3-16(11-21(18)33-2)8-10-28-25(30)23-20-7-9-27(36-20)14-29(26(31)24(23)27)13-17-4-6-19-22(12-17)35-15-34-19/h3-7,9,11-12,20,23-24H,8,10,13-15H2,1-2H3,(H,28,30)/t20-,23?,24-,27+/m0/s1. The molecule has 6 rings (SSSR count). The quantitative estimate of drug-likeness (QED) is 0.564. The fraction of sp³-hybridized carbons (Fsp3) is 0.407. The van der Waals surface area contributed by atoms with Crippen molar-refractivity contribution in [3.8, 4) is 23.0 Å². The lowest BCUT2D eigenvalue weighted by atomic mass is 9.77. The maximum atomic E-state index is 13.5. The van der Waals surface area contributed by atoms with E-state index in [2.05, 4.69) is 5.32 Å². The molecule has 2 aromatic carbocycles. The first-order valence-corrected chi connectivity index (χ1v) is 12.0. The van der Waals surface area contributed by atoms with Gasteiger partial charge in [0.05, 0.1) is 38.7 Å². The SMILES string of the molecule is COc1ccc(CCNC(=O)C2[C@@H]3C=C[C@]4(CN(Cc5ccc6c(c5)OCO6)C(=O)[C@H]24)O3)cc1OC. The predicted octanol–water partition coefficient (Wildman–Crippen LogP) is 2.07. The Labute approximate surface area is 208 Å². The molecule has 4 heterocycles. The summed E-state index contributed by atoms with van der Waals surface area (Å²) in [5, 5.41) is 3.02. The van der Waals surface area contributed by atoms with E-state index in [0.717, 1.165) is 11.1 Å². The number of rotatable bonds is 8. The molecule has 2 saturated heterocycles. The molecule has 36 heavy (non-hydrogen) atoms. The summed E-state index contributed by atoms with van der Waals surface area (Å²) in [5.74, 6) is 1.41. The van der Waals surface area contributed by atoms with Crippen molar-refractivity contribution in [3.63, 3.8) is 0 Å². The number of likely N-dealkylation sites (tertiary alicyclic amines) is 1. The number of nitrogens with one attached hydrogen (secondary N) is 1. The molecule has 2 fully saturated rings. The van der Waals surface area contributed by atoms with E-state index >= 15 is 0 Å². The summed E-state index contributed by atoms with van der Waals surface area (Å²) in [6.07, 6.45) is 4.13. The third-order valence-electron chi connectivity index (χ3n) is 7.45.